The maximum atomic E-state index is 13.5. The Morgan fingerprint density at radius 1 is 1.04 bits per heavy atom. The Morgan fingerprint density at radius 3 is 2.33 bits per heavy atom. The molecule has 3 amide bonds. The van der Waals surface area contributed by atoms with E-state index in [4.69, 9.17) is 0 Å². The van der Waals surface area contributed by atoms with Gasteiger partial charge in [-0.2, -0.15) is 13.2 Å². The van der Waals surface area contributed by atoms with Crippen molar-refractivity contribution in [1.82, 2.24) is 10.3 Å². The number of urea groups is 1. The number of halogens is 5. The molecule has 0 fully saturated rings. The van der Waals surface area contributed by atoms with E-state index in [1.54, 1.807) is 5.32 Å². The van der Waals surface area contributed by atoms with E-state index in [1.165, 1.54) is 0 Å². The number of hydrogen-bond donors (Lipinski definition) is 2. The van der Waals surface area contributed by atoms with Gasteiger partial charge in [0.2, 0.25) is 0 Å². The number of carbonyl (C=O) groups excluding carboxylic acids is 2. The number of benzene rings is 2. The average molecular weight is 401 g/mol. The maximum absolute atomic E-state index is 13.5. The summed E-state index contributed by atoms with van der Waals surface area (Å²) in [5.41, 5.74) is -1.61. The summed E-state index contributed by atoms with van der Waals surface area (Å²) in [5.74, 6) is -3.62. The average Bonchev–Trinajstić information content (AvgIpc) is 2.94. The van der Waals surface area contributed by atoms with Crippen LogP contribution >= 0.6 is 11.3 Å². The highest BCUT2D eigenvalue weighted by atomic mass is 32.1. The number of carbonyl (C=O) groups is 2. The zero-order chi connectivity index (χ0) is 19.8. The first-order valence-corrected chi connectivity index (χ1v) is 8.01. The Hall–Kier alpha value is -3.08. The number of alkyl halides is 3. The molecule has 0 saturated heterocycles. The normalized spacial score (nSPS) is 11.4. The lowest BCUT2D eigenvalue weighted by molar-refractivity contribution is -0.137. The molecular formula is C16H8F5N3O2S. The largest absolute Gasteiger partial charge is 0.416 e. The number of hydrogen-bond acceptors (Lipinski definition) is 4. The zero-order valence-electron chi connectivity index (χ0n) is 13.0. The predicted octanol–water partition coefficient (Wildman–Crippen LogP) is 4.56. The molecule has 3 aromatic rings. The molecule has 0 spiro atoms. The van der Waals surface area contributed by atoms with Crippen molar-refractivity contribution >= 4 is 38.6 Å². The van der Waals surface area contributed by atoms with Gasteiger partial charge in [0, 0.05) is 0 Å². The first-order valence-electron chi connectivity index (χ1n) is 7.19. The molecule has 2 N–H and O–H groups in total. The molecule has 0 atom stereocenters. The minimum Gasteiger partial charge on any atom is -0.283 e. The van der Waals surface area contributed by atoms with E-state index in [0.717, 1.165) is 47.7 Å². The number of fused-ring (bicyclic) bond motifs is 1. The number of anilines is 1. The number of thiazole rings is 1. The van der Waals surface area contributed by atoms with E-state index in [-0.39, 0.29) is 15.3 Å². The lowest BCUT2D eigenvalue weighted by Crippen LogP contribution is -2.35. The van der Waals surface area contributed by atoms with Crippen molar-refractivity contribution in [2.45, 2.75) is 6.18 Å². The second-order valence-corrected chi connectivity index (χ2v) is 6.23. The lowest BCUT2D eigenvalue weighted by Gasteiger charge is -2.06. The molecule has 1 heterocycles. The Kier molecular flexibility index (Phi) is 4.79. The van der Waals surface area contributed by atoms with Gasteiger partial charge in [-0.25, -0.2) is 18.6 Å². The van der Waals surface area contributed by atoms with Crippen LogP contribution in [0.25, 0.3) is 10.2 Å². The second kappa shape index (κ2) is 6.91. The number of nitrogens with zero attached hydrogens (tertiary/aromatic N) is 1. The maximum Gasteiger partial charge on any atom is 0.416 e. The van der Waals surface area contributed by atoms with Crippen molar-refractivity contribution in [2.24, 2.45) is 0 Å². The van der Waals surface area contributed by atoms with E-state index in [0.29, 0.717) is 0 Å². The third kappa shape index (κ3) is 4.03. The van der Waals surface area contributed by atoms with E-state index in [2.05, 4.69) is 10.3 Å². The van der Waals surface area contributed by atoms with Gasteiger partial charge in [0.15, 0.2) is 5.13 Å². The summed E-state index contributed by atoms with van der Waals surface area (Å²) < 4.78 is 65.3. The van der Waals surface area contributed by atoms with Gasteiger partial charge in [0.05, 0.1) is 15.8 Å². The van der Waals surface area contributed by atoms with E-state index in [1.807, 2.05) is 0 Å². The summed E-state index contributed by atoms with van der Waals surface area (Å²) in [5, 5.41) is 3.77. The number of nitrogens with one attached hydrogen (secondary N) is 2. The van der Waals surface area contributed by atoms with Gasteiger partial charge in [0.1, 0.15) is 17.2 Å². The molecule has 0 aliphatic carbocycles. The molecule has 0 aliphatic rings. The van der Waals surface area contributed by atoms with Gasteiger partial charge in [-0.1, -0.05) is 17.4 Å². The van der Waals surface area contributed by atoms with Gasteiger partial charge in [-0.3, -0.25) is 15.4 Å². The number of aromatic nitrogens is 1. The molecular weight excluding hydrogens is 393 g/mol. The molecule has 11 heteroatoms. The standard InChI is InChI=1S/C16H8F5N3O2S/c17-8-2-1-3-9(18)12(8)13(25)23-14(26)24-15-22-10-5-4-7(16(19,20)21)6-11(10)27-15/h1-6H,(H2,22,23,24,25,26). The summed E-state index contributed by atoms with van der Waals surface area (Å²) in [4.78, 5) is 27.6. The van der Waals surface area contributed by atoms with Crippen molar-refractivity contribution in [3.63, 3.8) is 0 Å². The molecule has 2 aromatic carbocycles. The third-order valence-corrected chi connectivity index (χ3v) is 4.29. The Labute approximate surface area is 151 Å². The van der Waals surface area contributed by atoms with Crippen LogP contribution in [-0.2, 0) is 6.18 Å². The first kappa shape index (κ1) is 18.7. The molecule has 5 nitrogen and oxygen atoms in total. The minimum absolute atomic E-state index is 0.0939. The Balaban J connectivity index is 1.75. The summed E-state index contributed by atoms with van der Waals surface area (Å²) in [7, 11) is 0. The van der Waals surface area contributed by atoms with Crippen LogP contribution in [0.2, 0.25) is 0 Å². The van der Waals surface area contributed by atoms with Crippen molar-refractivity contribution in [1.29, 1.82) is 0 Å². The summed E-state index contributed by atoms with van der Waals surface area (Å²) in [6.45, 7) is 0. The molecule has 0 saturated carbocycles. The molecule has 3 rings (SSSR count). The highest BCUT2D eigenvalue weighted by molar-refractivity contribution is 7.22. The van der Waals surface area contributed by atoms with Gasteiger partial charge >= 0.3 is 12.2 Å². The molecule has 27 heavy (non-hydrogen) atoms. The summed E-state index contributed by atoms with van der Waals surface area (Å²) in [6.07, 6.45) is -4.53. The zero-order valence-corrected chi connectivity index (χ0v) is 13.8. The van der Waals surface area contributed by atoms with E-state index >= 15 is 0 Å². The van der Waals surface area contributed by atoms with Crippen molar-refractivity contribution in [3.8, 4) is 0 Å². The highest BCUT2D eigenvalue weighted by Gasteiger charge is 2.30. The predicted molar refractivity (Wildman–Crippen MR) is 87.5 cm³/mol. The summed E-state index contributed by atoms with van der Waals surface area (Å²) >= 11 is 0.743. The Bertz CT molecular complexity index is 1030. The van der Waals surface area contributed by atoms with E-state index in [9.17, 15) is 31.5 Å². The van der Waals surface area contributed by atoms with Gasteiger partial charge in [-0.15, -0.1) is 0 Å². The van der Waals surface area contributed by atoms with Crippen LogP contribution in [0.15, 0.2) is 36.4 Å². The quantitative estimate of drug-likeness (QED) is 0.619. The molecule has 0 bridgehead atoms. The van der Waals surface area contributed by atoms with Crippen molar-refractivity contribution < 1.29 is 31.5 Å². The molecule has 0 radical (unpaired) electrons. The van der Waals surface area contributed by atoms with Gasteiger partial charge < -0.3 is 0 Å². The van der Waals surface area contributed by atoms with Crippen LogP contribution < -0.4 is 10.6 Å². The molecule has 0 unspecified atom stereocenters. The third-order valence-electron chi connectivity index (χ3n) is 3.35. The molecule has 1 aromatic heterocycles. The van der Waals surface area contributed by atoms with Crippen LogP contribution in [-0.4, -0.2) is 16.9 Å². The number of rotatable bonds is 2. The fourth-order valence-corrected chi connectivity index (χ4v) is 3.06. The Morgan fingerprint density at radius 2 is 1.70 bits per heavy atom. The topological polar surface area (TPSA) is 71.1 Å². The number of imide groups is 1. The SMILES string of the molecule is O=C(NC(=O)c1c(F)cccc1F)Nc1nc2ccc(C(F)(F)F)cc2s1. The van der Waals surface area contributed by atoms with Crippen LogP contribution in [0.3, 0.4) is 0 Å². The van der Waals surface area contributed by atoms with E-state index < -0.39 is 40.9 Å². The van der Waals surface area contributed by atoms with Crippen LogP contribution in [0, 0.1) is 11.6 Å². The first-order chi connectivity index (χ1) is 12.6. The molecule has 140 valence electrons. The van der Waals surface area contributed by atoms with Gasteiger partial charge in [-0.05, 0) is 30.3 Å². The fourth-order valence-electron chi connectivity index (χ4n) is 2.16. The van der Waals surface area contributed by atoms with Crippen LogP contribution in [0.5, 0.6) is 0 Å². The fraction of sp³-hybridized carbons (Fsp3) is 0.0625. The molecule has 0 aliphatic heterocycles. The monoisotopic (exact) mass is 401 g/mol. The number of amides is 3. The summed E-state index contributed by atoms with van der Waals surface area (Å²) in [6, 6.07) is 4.46. The highest BCUT2D eigenvalue weighted by Crippen LogP contribution is 2.34. The minimum atomic E-state index is -4.53. The van der Waals surface area contributed by atoms with Gasteiger partial charge in [0.25, 0.3) is 5.91 Å². The van der Waals surface area contributed by atoms with Crippen molar-refractivity contribution in [3.05, 3.63) is 59.2 Å². The smallest absolute Gasteiger partial charge is 0.283 e. The lowest BCUT2D eigenvalue weighted by atomic mass is 10.2. The second-order valence-electron chi connectivity index (χ2n) is 5.20. The van der Waals surface area contributed by atoms with Crippen molar-refractivity contribution in [2.75, 3.05) is 5.32 Å². The van der Waals surface area contributed by atoms with Crippen LogP contribution in [0.4, 0.5) is 31.9 Å². The van der Waals surface area contributed by atoms with Crippen LogP contribution in [0.1, 0.15) is 15.9 Å².